The topological polar surface area (TPSA) is 38.3 Å². The van der Waals surface area contributed by atoms with Gasteiger partial charge in [-0.3, -0.25) is 4.79 Å². The molecular weight excluding hydrogens is 306 g/mol. The molecule has 1 N–H and O–H groups in total. The van der Waals surface area contributed by atoms with E-state index in [2.05, 4.69) is 5.32 Å². The fourth-order valence-corrected chi connectivity index (χ4v) is 3.30. The van der Waals surface area contributed by atoms with E-state index in [0.717, 1.165) is 27.1 Å². The van der Waals surface area contributed by atoms with E-state index in [9.17, 15) is 4.79 Å². The molecule has 0 aliphatic carbocycles. The average Bonchev–Trinajstić information content (AvgIpc) is 2.49. The van der Waals surface area contributed by atoms with Gasteiger partial charge in [-0.2, -0.15) is 0 Å². The Kier molecular flexibility index (Phi) is 6.36. The zero-order chi connectivity index (χ0) is 15.1. The molecule has 0 bridgehead atoms. The van der Waals surface area contributed by atoms with Crippen molar-refractivity contribution in [2.24, 2.45) is 0 Å². The molecule has 112 valence electrons. The minimum atomic E-state index is 0.0279. The SMILES string of the molecule is COCCCNC(=O)CSc1cccc2cccc(Cl)c12. The van der Waals surface area contributed by atoms with Gasteiger partial charge in [-0.15, -0.1) is 11.8 Å². The van der Waals surface area contributed by atoms with Crippen molar-refractivity contribution in [3.63, 3.8) is 0 Å². The number of hydrogen-bond donors (Lipinski definition) is 1. The Morgan fingerprint density at radius 2 is 2.05 bits per heavy atom. The lowest BCUT2D eigenvalue weighted by atomic mass is 10.1. The second-order valence-corrected chi connectivity index (χ2v) is 6.00. The maximum atomic E-state index is 11.8. The Bertz CT molecular complexity index is 613. The first-order valence-electron chi connectivity index (χ1n) is 6.78. The van der Waals surface area contributed by atoms with Crippen molar-refractivity contribution in [2.75, 3.05) is 26.0 Å². The lowest BCUT2D eigenvalue weighted by Gasteiger charge is -2.08. The fourth-order valence-electron chi connectivity index (χ4n) is 2.02. The van der Waals surface area contributed by atoms with Crippen LogP contribution < -0.4 is 5.32 Å². The van der Waals surface area contributed by atoms with Crippen molar-refractivity contribution < 1.29 is 9.53 Å². The number of rotatable bonds is 7. The number of carbonyl (C=O) groups excluding carboxylic acids is 1. The lowest BCUT2D eigenvalue weighted by molar-refractivity contribution is -0.118. The van der Waals surface area contributed by atoms with Crippen LogP contribution in [0.3, 0.4) is 0 Å². The first-order chi connectivity index (χ1) is 10.2. The Balaban J connectivity index is 1.96. The monoisotopic (exact) mass is 323 g/mol. The Hall–Kier alpha value is -1.23. The number of methoxy groups -OCH3 is 1. The van der Waals surface area contributed by atoms with Gasteiger partial charge in [-0.1, -0.05) is 35.9 Å². The molecule has 0 atom stereocenters. The number of benzene rings is 2. The summed E-state index contributed by atoms with van der Waals surface area (Å²) in [5, 5.41) is 5.70. The summed E-state index contributed by atoms with van der Waals surface area (Å²) in [6, 6.07) is 11.8. The number of fused-ring (bicyclic) bond motifs is 1. The highest BCUT2D eigenvalue weighted by Crippen LogP contribution is 2.32. The van der Waals surface area contributed by atoms with Crippen molar-refractivity contribution in [3.05, 3.63) is 41.4 Å². The summed E-state index contributed by atoms with van der Waals surface area (Å²) in [4.78, 5) is 12.8. The number of hydrogen-bond acceptors (Lipinski definition) is 3. The second kappa shape index (κ2) is 8.27. The molecule has 2 aromatic rings. The summed E-state index contributed by atoms with van der Waals surface area (Å²) in [5.74, 6) is 0.414. The van der Waals surface area contributed by atoms with Gasteiger partial charge in [0, 0.05) is 35.6 Å². The van der Waals surface area contributed by atoms with Crippen LogP contribution in [0.4, 0.5) is 0 Å². The molecule has 5 heteroatoms. The van der Waals surface area contributed by atoms with E-state index in [4.69, 9.17) is 16.3 Å². The summed E-state index contributed by atoms with van der Waals surface area (Å²) < 4.78 is 4.94. The van der Waals surface area contributed by atoms with Crippen molar-refractivity contribution in [2.45, 2.75) is 11.3 Å². The van der Waals surface area contributed by atoms with Crippen LogP contribution in [-0.4, -0.2) is 31.9 Å². The maximum absolute atomic E-state index is 11.8. The number of amides is 1. The summed E-state index contributed by atoms with van der Waals surface area (Å²) in [6.07, 6.45) is 0.826. The van der Waals surface area contributed by atoms with Crippen LogP contribution in [0, 0.1) is 0 Å². The van der Waals surface area contributed by atoms with Crippen LogP contribution in [0.5, 0.6) is 0 Å². The predicted molar refractivity (Wildman–Crippen MR) is 89.2 cm³/mol. The van der Waals surface area contributed by atoms with Crippen molar-refractivity contribution in [1.29, 1.82) is 0 Å². The van der Waals surface area contributed by atoms with Gasteiger partial charge in [0.25, 0.3) is 0 Å². The predicted octanol–water partition coefficient (Wildman–Crippen LogP) is 3.74. The highest BCUT2D eigenvalue weighted by molar-refractivity contribution is 8.00. The van der Waals surface area contributed by atoms with Gasteiger partial charge < -0.3 is 10.1 Å². The third kappa shape index (κ3) is 4.63. The molecule has 0 radical (unpaired) electrons. The zero-order valence-electron chi connectivity index (χ0n) is 11.9. The van der Waals surface area contributed by atoms with Crippen LogP contribution in [0.25, 0.3) is 10.8 Å². The molecule has 2 rings (SSSR count). The third-order valence-corrected chi connectivity index (χ3v) is 4.39. The average molecular weight is 324 g/mol. The Morgan fingerprint density at radius 3 is 2.81 bits per heavy atom. The molecule has 0 spiro atoms. The van der Waals surface area contributed by atoms with E-state index in [0.29, 0.717) is 18.9 Å². The van der Waals surface area contributed by atoms with E-state index >= 15 is 0 Å². The fraction of sp³-hybridized carbons (Fsp3) is 0.312. The third-order valence-electron chi connectivity index (χ3n) is 3.02. The number of carbonyl (C=O) groups is 1. The first-order valence-corrected chi connectivity index (χ1v) is 8.14. The number of halogens is 1. The van der Waals surface area contributed by atoms with Gasteiger partial charge in [0.15, 0.2) is 0 Å². The molecule has 0 fully saturated rings. The van der Waals surface area contributed by atoms with Crippen LogP contribution in [0.15, 0.2) is 41.3 Å². The molecule has 0 aromatic heterocycles. The zero-order valence-corrected chi connectivity index (χ0v) is 13.5. The van der Waals surface area contributed by atoms with Crippen LogP contribution in [-0.2, 0) is 9.53 Å². The molecule has 0 aliphatic rings. The Morgan fingerprint density at radius 1 is 1.29 bits per heavy atom. The van der Waals surface area contributed by atoms with E-state index in [1.165, 1.54) is 11.8 Å². The lowest BCUT2D eigenvalue weighted by Crippen LogP contribution is -2.26. The first kappa shape index (κ1) is 16.1. The molecule has 0 saturated heterocycles. The molecule has 2 aromatic carbocycles. The summed E-state index contributed by atoms with van der Waals surface area (Å²) >= 11 is 7.78. The van der Waals surface area contributed by atoms with Gasteiger partial charge in [-0.25, -0.2) is 0 Å². The van der Waals surface area contributed by atoms with Crippen LogP contribution in [0.2, 0.25) is 5.02 Å². The molecule has 1 amide bonds. The molecule has 3 nitrogen and oxygen atoms in total. The molecule has 21 heavy (non-hydrogen) atoms. The van der Waals surface area contributed by atoms with Crippen LogP contribution >= 0.6 is 23.4 Å². The van der Waals surface area contributed by atoms with Gasteiger partial charge in [0.05, 0.1) is 5.75 Å². The maximum Gasteiger partial charge on any atom is 0.230 e. The molecule has 0 heterocycles. The molecular formula is C16H18ClNO2S. The highest BCUT2D eigenvalue weighted by Gasteiger charge is 2.08. The summed E-state index contributed by atoms with van der Waals surface area (Å²) in [6.45, 7) is 1.30. The van der Waals surface area contributed by atoms with Crippen molar-refractivity contribution >= 4 is 40.0 Å². The van der Waals surface area contributed by atoms with Gasteiger partial charge in [0.1, 0.15) is 0 Å². The minimum Gasteiger partial charge on any atom is -0.385 e. The minimum absolute atomic E-state index is 0.0279. The van der Waals surface area contributed by atoms with E-state index in [1.807, 2.05) is 36.4 Å². The number of nitrogens with one attached hydrogen (secondary N) is 1. The van der Waals surface area contributed by atoms with E-state index < -0.39 is 0 Å². The highest BCUT2D eigenvalue weighted by atomic mass is 35.5. The summed E-state index contributed by atoms with van der Waals surface area (Å²) in [7, 11) is 1.65. The smallest absolute Gasteiger partial charge is 0.230 e. The molecule has 0 saturated carbocycles. The quantitative estimate of drug-likeness (QED) is 0.623. The molecule has 0 unspecified atom stereocenters. The van der Waals surface area contributed by atoms with E-state index in [1.54, 1.807) is 7.11 Å². The number of ether oxygens (including phenoxy) is 1. The normalized spacial score (nSPS) is 10.8. The second-order valence-electron chi connectivity index (χ2n) is 4.58. The Labute approximate surface area is 134 Å². The standard InChI is InChI=1S/C16H18ClNO2S/c1-20-10-4-9-18-15(19)11-21-14-8-3-6-12-5-2-7-13(17)16(12)14/h2-3,5-8H,4,9-11H2,1H3,(H,18,19). The summed E-state index contributed by atoms with van der Waals surface area (Å²) in [5.41, 5.74) is 0. The molecule has 0 aliphatic heterocycles. The largest absolute Gasteiger partial charge is 0.385 e. The van der Waals surface area contributed by atoms with Crippen molar-refractivity contribution in [3.8, 4) is 0 Å². The van der Waals surface area contributed by atoms with Gasteiger partial charge >= 0.3 is 0 Å². The van der Waals surface area contributed by atoms with Crippen molar-refractivity contribution in [1.82, 2.24) is 5.32 Å². The number of thioether (sulfide) groups is 1. The van der Waals surface area contributed by atoms with Crippen LogP contribution in [0.1, 0.15) is 6.42 Å². The van der Waals surface area contributed by atoms with Gasteiger partial charge in [-0.05, 0) is 23.9 Å². The van der Waals surface area contributed by atoms with E-state index in [-0.39, 0.29) is 5.91 Å². The van der Waals surface area contributed by atoms with Gasteiger partial charge in [0.2, 0.25) is 5.91 Å².